The zero-order chi connectivity index (χ0) is 31.0. The van der Waals surface area contributed by atoms with Crippen molar-refractivity contribution in [2.75, 3.05) is 12.5 Å². The number of fused-ring (bicyclic) bond motifs is 1. The number of nitrogens with zero attached hydrogens (tertiary/aromatic N) is 2. The van der Waals surface area contributed by atoms with Crippen molar-refractivity contribution in [3.05, 3.63) is 126 Å². The molecule has 0 bridgehead atoms. The number of aromatic nitrogens is 2. The van der Waals surface area contributed by atoms with Crippen LogP contribution < -0.4 is 0 Å². The van der Waals surface area contributed by atoms with E-state index in [1.54, 1.807) is 50.5 Å². The quantitative estimate of drug-likeness (QED) is 0.183. The molecule has 0 saturated heterocycles. The van der Waals surface area contributed by atoms with Gasteiger partial charge in [0, 0.05) is 47.6 Å². The first-order chi connectivity index (χ1) is 20.3. The lowest BCUT2D eigenvalue weighted by molar-refractivity contribution is 0.0958. The molecule has 0 aliphatic heterocycles. The van der Waals surface area contributed by atoms with Crippen molar-refractivity contribution >= 4 is 36.4 Å². The molecular weight excluding hydrogens is 581 g/mol. The van der Waals surface area contributed by atoms with Gasteiger partial charge in [0.1, 0.15) is 0 Å². The van der Waals surface area contributed by atoms with Crippen LogP contribution in [0.1, 0.15) is 46.8 Å². The summed E-state index contributed by atoms with van der Waals surface area (Å²) in [5, 5.41) is 0.827. The molecule has 0 amide bonds. The first-order valence-electron chi connectivity index (χ1n) is 13.7. The topological polar surface area (TPSA) is 111 Å². The van der Waals surface area contributed by atoms with Gasteiger partial charge in [0.05, 0.1) is 21.1 Å². The Kier molecular flexibility index (Phi) is 8.07. The minimum atomic E-state index is -3.43. The summed E-state index contributed by atoms with van der Waals surface area (Å²) in [5.41, 5.74) is 5.06. The van der Waals surface area contributed by atoms with E-state index in [4.69, 9.17) is 0 Å². The molecule has 0 N–H and O–H groups in total. The molecule has 0 spiro atoms. The van der Waals surface area contributed by atoms with Crippen molar-refractivity contribution in [2.24, 2.45) is 0 Å². The third-order valence-electron chi connectivity index (χ3n) is 7.98. The van der Waals surface area contributed by atoms with Gasteiger partial charge in [-0.3, -0.25) is 14.8 Å². The largest absolute Gasteiger partial charge is 0.293 e. The minimum Gasteiger partial charge on any atom is -0.293 e. The van der Waals surface area contributed by atoms with Gasteiger partial charge in [-0.2, -0.15) is 0 Å². The highest BCUT2D eigenvalue weighted by atomic mass is 32.2. The predicted octanol–water partition coefficient (Wildman–Crippen LogP) is 6.19. The maximum Gasteiger partial charge on any atom is 0.175 e. The van der Waals surface area contributed by atoms with Gasteiger partial charge >= 0.3 is 0 Å². The number of carbonyl (C=O) groups excluding carboxylic acids is 1. The Morgan fingerprint density at radius 2 is 1.56 bits per heavy atom. The predicted molar refractivity (Wildman–Crippen MR) is 170 cm³/mol. The molecule has 2 aromatic heterocycles. The Balaban J connectivity index is 1.60. The number of rotatable bonds is 9. The standard InChI is InChI=1S/C34H32N2O5S2/c1-34(2,43(4,40)41)28-20-26-10-7-17-36-32(26)30(21-28)25-9-5-8-23(18-25)19-31(33(37)27-11-6-16-35-22-27)24-12-14-29(15-13-24)42(3,38)39/h5-18,20-22,31H,19H2,1-4H3. The third-order valence-corrected chi connectivity index (χ3v) is 11.2. The lowest BCUT2D eigenvalue weighted by atomic mass is 9.85. The van der Waals surface area contributed by atoms with E-state index in [0.29, 0.717) is 23.1 Å². The van der Waals surface area contributed by atoms with Gasteiger partial charge in [0.15, 0.2) is 25.5 Å². The van der Waals surface area contributed by atoms with Gasteiger partial charge in [-0.15, -0.1) is 0 Å². The first-order valence-corrected chi connectivity index (χ1v) is 17.5. The van der Waals surface area contributed by atoms with Crippen LogP contribution in [0.3, 0.4) is 0 Å². The van der Waals surface area contributed by atoms with Crippen LogP contribution in [-0.4, -0.2) is 45.1 Å². The summed E-state index contributed by atoms with van der Waals surface area (Å²) in [7, 11) is -6.82. The Labute approximate surface area is 252 Å². The van der Waals surface area contributed by atoms with Crippen molar-refractivity contribution in [2.45, 2.75) is 35.8 Å². The smallest absolute Gasteiger partial charge is 0.175 e. The normalized spacial score (nSPS) is 13.1. The van der Waals surface area contributed by atoms with Crippen LogP contribution in [0.4, 0.5) is 0 Å². The van der Waals surface area contributed by atoms with E-state index in [9.17, 15) is 21.6 Å². The van der Waals surface area contributed by atoms with E-state index < -0.39 is 30.3 Å². The highest BCUT2D eigenvalue weighted by Crippen LogP contribution is 2.37. The number of ketones is 1. The monoisotopic (exact) mass is 612 g/mol. The summed E-state index contributed by atoms with van der Waals surface area (Å²) < 4.78 is 48.4. The molecule has 5 rings (SSSR count). The van der Waals surface area contributed by atoms with Crippen LogP contribution in [-0.2, 0) is 30.8 Å². The van der Waals surface area contributed by atoms with E-state index >= 15 is 0 Å². The van der Waals surface area contributed by atoms with Crippen LogP contribution in [0.25, 0.3) is 22.0 Å². The van der Waals surface area contributed by atoms with Crippen LogP contribution >= 0.6 is 0 Å². The molecule has 0 fully saturated rings. The fraction of sp³-hybridized carbons (Fsp3) is 0.206. The molecule has 3 aromatic carbocycles. The van der Waals surface area contributed by atoms with E-state index in [1.165, 1.54) is 24.6 Å². The van der Waals surface area contributed by atoms with Gasteiger partial charge in [0.2, 0.25) is 0 Å². The SMILES string of the molecule is CC(C)(c1cc(-c2cccc(CC(C(=O)c3cccnc3)c3ccc(S(C)(=O)=O)cc3)c2)c2ncccc2c1)S(C)(=O)=O. The average Bonchev–Trinajstić information content (AvgIpc) is 2.98. The minimum absolute atomic E-state index is 0.130. The summed E-state index contributed by atoms with van der Waals surface area (Å²) >= 11 is 0. The van der Waals surface area contributed by atoms with E-state index in [0.717, 1.165) is 33.8 Å². The molecule has 7 nitrogen and oxygen atoms in total. The summed E-state index contributed by atoms with van der Waals surface area (Å²) in [4.78, 5) is 22.7. The first kappa shape index (κ1) is 30.3. The lowest BCUT2D eigenvalue weighted by Crippen LogP contribution is -2.28. The summed E-state index contributed by atoms with van der Waals surface area (Å²) in [6.45, 7) is 3.40. The highest BCUT2D eigenvalue weighted by Gasteiger charge is 2.33. The maximum atomic E-state index is 13.8. The lowest BCUT2D eigenvalue weighted by Gasteiger charge is -2.24. The number of carbonyl (C=O) groups is 1. The molecule has 1 unspecified atom stereocenters. The Hall–Kier alpha value is -4.21. The Morgan fingerprint density at radius 3 is 2.21 bits per heavy atom. The van der Waals surface area contributed by atoms with Gasteiger partial charge < -0.3 is 0 Å². The van der Waals surface area contributed by atoms with Crippen molar-refractivity contribution in [3.8, 4) is 11.1 Å². The maximum absolute atomic E-state index is 13.8. The molecule has 0 saturated carbocycles. The molecule has 220 valence electrons. The molecular formula is C34H32N2O5S2. The van der Waals surface area contributed by atoms with Gasteiger partial charge in [-0.05, 0) is 85.0 Å². The molecule has 0 aliphatic carbocycles. The fourth-order valence-electron chi connectivity index (χ4n) is 5.09. The number of hydrogen-bond donors (Lipinski definition) is 0. The van der Waals surface area contributed by atoms with Crippen LogP contribution in [0.5, 0.6) is 0 Å². The number of hydrogen-bond acceptors (Lipinski definition) is 7. The van der Waals surface area contributed by atoms with Crippen molar-refractivity contribution < 1.29 is 21.6 Å². The van der Waals surface area contributed by atoms with E-state index in [1.807, 2.05) is 48.5 Å². The molecule has 1 atom stereocenters. The third kappa shape index (κ3) is 6.28. The molecule has 0 aliphatic rings. The summed E-state index contributed by atoms with van der Waals surface area (Å²) in [6, 6.07) is 25.1. The van der Waals surface area contributed by atoms with Crippen LogP contribution in [0.15, 0.2) is 108 Å². The highest BCUT2D eigenvalue weighted by molar-refractivity contribution is 7.91. The zero-order valence-corrected chi connectivity index (χ0v) is 26.0. The van der Waals surface area contributed by atoms with Crippen molar-refractivity contribution in [3.63, 3.8) is 0 Å². The second-order valence-corrected chi connectivity index (χ2v) is 15.9. The fourth-order valence-corrected chi connectivity index (χ4v) is 6.27. The number of benzene rings is 3. The van der Waals surface area contributed by atoms with Crippen LogP contribution in [0.2, 0.25) is 0 Å². The summed E-state index contributed by atoms with van der Waals surface area (Å²) in [5.74, 6) is -0.729. The molecule has 0 radical (unpaired) electrons. The van der Waals surface area contributed by atoms with E-state index in [2.05, 4.69) is 9.97 Å². The number of pyridine rings is 2. The van der Waals surface area contributed by atoms with Crippen molar-refractivity contribution in [1.82, 2.24) is 9.97 Å². The summed E-state index contributed by atoms with van der Waals surface area (Å²) in [6.07, 6.45) is 7.58. The second-order valence-electron chi connectivity index (χ2n) is 11.3. The van der Waals surface area contributed by atoms with E-state index in [-0.39, 0.29) is 10.7 Å². The zero-order valence-electron chi connectivity index (χ0n) is 24.4. The average molecular weight is 613 g/mol. The molecule has 9 heteroatoms. The number of Topliss-reactive ketones (excluding diaryl/α,β-unsaturated/α-hetero) is 1. The molecule has 43 heavy (non-hydrogen) atoms. The van der Waals surface area contributed by atoms with Gasteiger partial charge in [0.25, 0.3) is 0 Å². The van der Waals surface area contributed by atoms with Gasteiger partial charge in [-0.1, -0.05) is 42.5 Å². The van der Waals surface area contributed by atoms with Crippen molar-refractivity contribution in [1.29, 1.82) is 0 Å². The van der Waals surface area contributed by atoms with Gasteiger partial charge in [-0.25, -0.2) is 16.8 Å². The number of sulfone groups is 2. The van der Waals surface area contributed by atoms with Crippen LogP contribution in [0, 0.1) is 0 Å². The Morgan fingerprint density at radius 1 is 0.837 bits per heavy atom. The second kappa shape index (κ2) is 11.5. The molecule has 5 aromatic rings. The Bertz CT molecular complexity index is 2040. The molecule has 2 heterocycles.